The van der Waals surface area contributed by atoms with Crippen molar-refractivity contribution in [3.63, 3.8) is 0 Å². The van der Waals surface area contributed by atoms with Crippen LogP contribution in [0.15, 0.2) is 24.3 Å². The van der Waals surface area contributed by atoms with Gasteiger partial charge in [-0.05, 0) is 11.1 Å². The summed E-state index contributed by atoms with van der Waals surface area (Å²) in [7, 11) is -4.12. The zero-order chi connectivity index (χ0) is 15.4. The quantitative estimate of drug-likeness (QED) is 0.749. The number of alkyl halides is 4. The van der Waals surface area contributed by atoms with E-state index in [1.165, 1.54) is 16.9 Å². The van der Waals surface area contributed by atoms with Crippen LogP contribution in [-0.2, 0) is 22.3 Å². The van der Waals surface area contributed by atoms with Crippen molar-refractivity contribution in [2.45, 2.75) is 24.6 Å². The molecule has 0 fully saturated rings. The third-order valence-electron chi connectivity index (χ3n) is 2.46. The Hall–Kier alpha value is -1.19. The molecule has 0 bridgehead atoms. The molecular formula is C11H14F4N2O2S. The van der Waals surface area contributed by atoms with Crippen molar-refractivity contribution in [3.8, 4) is 0 Å². The topological polar surface area (TPSA) is 72.2 Å². The lowest BCUT2D eigenvalue weighted by atomic mass is 10.1. The van der Waals surface area contributed by atoms with Gasteiger partial charge in [-0.25, -0.2) is 21.9 Å². The third-order valence-corrected chi connectivity index (χ3v) is 3.76. The summed E-state index contributed by atoms with van der Waals surface area (Å²) in [4.78, 5) is 0. The Bertz CT molecular complexity index is 532. The summed E-state index contributed by atoms with van der Waals surface area (Å²) < 4.78 is 73.5. The summed E-state index contributed by atoms with van der Waals surface area (Å²) in [5.74, 6) is -4.96. The van der Waals surface area contributed by atoms with Crippen molar-refractivity contribution >= 4 is 10.0 Å². The van der Waals surface area contributed by atoms with Gasteiger partial charge < -0.3 is 5.73 Å². The Morgan fingerprint density at radius 1 is 1.15 bits per heavy atom. The summed E-state index contributed by atoms with van der Waals surface area (Å²) in [6, 6.07) is 6.15. The SMILES string of the molecule is NCc1ccc(CS(=O)(=O)NCC(F)(F)C(F)F)cc1. The molecule has 0 heterocycles. The van der Waals surface area contributed by atoms with Crippen molar-refractivity contribution in [1.82, 2.24) is 4.72 Å². The monoisotopic (exact) mass is 314 g/mol. The van der Waals surface area contributed by atoms with Crippen molar-refractivity contribution in [1.29, 1.82) is 0 Å². The molecule has 114 valence electrons. The summed E-state index contributed by atoms with van der Waals surface area (Å²) >= 11 is 0. The minimum absolute atomic E-state index is 0.284. The molecule has 20 heavy (non-hydrogen) atoms. The zero-order valence-electron chi connectivity index (χ0n) is 10.3. The second-order valence-corrected chi connectivity index (χ2v) is 5.97. The van der Waals surface area contributed by atoms with Crippen LogP contribution in [-0.4, -0.2) is 27.3 Å². The molecule has 0 radical (unpaired) electrons. The largest absolute Gasteiger partial charge is 0.326 e. The van der Waals surface area contributed by atoms with Gasteiger partial charge in [0, 0.05) is 6.54 Å². The van der Waals surface area contributed by atoms with E-state index < -0.39 is 34.7 Å². The Balaban J connectivity index is 2.65. The van der Waals surface area contributed by atoms with Crippen LogP contribution in [0.4, 0.5) is 17.6 Å². The molecule has 0 atom stereocenters. The molecule has 3 N–H and O–H groups in total. The van der Waals surface area contributed by atoms with E-state index in [1.54, 1.807) is 12.1 Å². The van der Waals surface area contributed by atoms with Gasteiger partial charge >= 0.3 is 12.3 Å². The number of nitrogens with one attached hydrogen (secondary N) is 1. The van der Waals surface area contributed by atoms with Gasteiger partial charge in [0.25, 0.3) is 0 Å². The first-order valence-corrected chi connectivity index (χ1v) is 7.23. The lowest BCUT2D eigenvalue weighted by Crippen LogP contribution is -2.41. The standard InChI is InChI=1S/C11H14F4N2O2S/c12-10(13)11(14,15)7-17-20(18,19)6-9-3-1-8(5-16)2-4-9/h1-4,10,17H,5-7,16H2. The van der Waals surface area contributed by atoms with Gasteiger partial charge in [-0.2, -0.15) is 8.78 Å². The maximum absolute atomic E-state index is 12.6. The van der Waals surface area contributed by atoms with Crippen LogP contribution in [0.3, 0.4) is 0 Å². The Morgan fingerprint density at radius 2 is 1.65 bits per heavy atom. The van der Waals surface area contributed by atoms with Gasteiger partial charge in [-0.3, -0.25) is 0 Å². The van der Waals surface area contributed by atoms with Crippen LogP contribution in [0, 0.1) is 0 Å². The van der Waals surface area contributed by atoms with Crippen LogP contribution in [0.25, 0.3) is 0 Å². The number of sulfonamides is 1. The van der Waals surface area contributed by atoms with Crippen LogP contribution >= 0.6 is 0 Å². The average molecular weight is 314 g/mol. The van der Waals surface area contributed by atoms with E-state index in [-0.39, 0.29) is 6.54 Å². The zero-order valence-corrected chi connectivity index (χ0v) is 11.1. The number of hydrogen-bond acceptors (Lipinski definition) is 3. The van der Waals surface area contributed by atoms with Crippen LogP contribution in [0.1, 0.15) is 11.1 Å². The predicted octanol–water partition coefficient (Wildman–Crippen LogP) is 1.47. The Morgan fingerprint density at radius 3 is 2.10 bits per heavy atom. The molecule has 0 saturated heterocycles. The predicted molar refractivity (Wildman–Crippen MR) is 65.9 cm³/mol. The van der Waals surface area contributed by atoms with Gasteiger partial charge in [0.2, 0.25) is 10.0 Å². The molecule has 0 unspecified atom stereocenters. The van der Waals surface area contributed by atoms with E-state index >= 15 is 0 Å². The highest BCUT2D eigenvalue weighted by Gasteiger charge is 2.41. The summed E-state index contributed by atoms with van der Waals surface area (Å²) in [6.07, 6.45) is -3.92. The molecule has 0 aliphatic carbocycles. The average Bonchev–Trinajstić information content (AvgIpc) is 2.37. The summed E-state index contributed by atoms with van der Waals surface area (Å²) in [5, 5.41) is 0. The van der Waals surface area contributed by atoms with E-state index in [4.69, 9.17) is 5.73 Å². The molecule has 0 saturated carbocycles. The fraction of sp³-hybridized carbons (Fsp3) is 0.455. The number of benzene rings is 1. The van der Waals surface area contributed by atoms with Crippen LogP contribution in [0.2, 0.25) is 0 Å². The second kappa shape index (κ2) is 6.51. The highest BCUT2D eigenvalue weighted by molar-refractivity contribution is 7.88. The lowest BCUT2D eigenvalue weighted by Gasteiger charge is -2.15. The van der Waals surface area contributed by atoms with E-state index in [2.05, 4.69) is 0 Å². The summed E-state index contributed by atoms with van der Waals surface area (Å²) in [6.45, 7) is -1.35. The molecule has 0 aliphatic rings. The molecule has 1 rings (SSSR count). The highest BCUT2D eigenvalue weighted by Crippen LogP contribution is 2.22. The molecule has 0 amide bonds. The molecule has 0 spiro atoms. The van der Waals surface area contributed by atoms with Crippen molar-refractivity contribution in [3.05, 3.63) is 35.4 Å². The van der Waals surface area contributed by atoms with E-state index in [0.717, 1.165) is 5.56 Å². The highest BCUT2D eigenvalue weighted by atomic mass is 32.2. The lowest BCUT2D eigenvalue weighted by molar-refractivity contribution is -0.122. The molecule has 1 aromatic rings. The summed E-state index contributed by atoms with van der Waals surface area (Å²) in [5.41, 5.74) is 6.49. The number of rotatable bonds is 7. The maximum atomic E-state index is 12.6. The molecule has 9 heteroatoms. The van der Waals surface area contributed by atoms with Gasteiger partial charge in [0.15, 0.2) is 0 Å². The van der Waals surface area contributed by atoms with E-state index in [0.29, 0.717) is 5.56 Å². The normalized spacial score (nSPS) is 12.9. The fourth-order valence-corrected chi connectivity index (χ4v) is 2.47. The van der Waals surface area contributed by atoms with Gasteiger partial charge in [0.1, 0.15) is 0 Å². The number of hydrogen-bond donors (Lipinski definition) is 2. The number of nitrogens with two attached hydrogens (primary N) is 1. The Kier molecular flexibility index (Phi) is 5.49. The third kappa shape index (κ3) is 5.06. The van der Waals surface area contributed by atoms with Crippen molar-refractivity contribution < 1.29 is 26.0 Å². The van der Waals surface area contributed by atoms with Gasteiger partial charge in [-0.1, -0.05) is 24.3 Å². The molecular weight excluding hydrogens is 300 g/mol. The fourth-order valence-electron chi connectivity index (χ4n) is 1.33. The van der Waals surface area contributed by atoms with Crippen molar-refractivity contribution in [2.75, 3.05) is 6.54 Å². The van der Waals surface area contributed by atoms with Crippen LogP contribution in [0.5, 0.6) is 0 Å². The minimum Gasteiger partial charge on any atom is -0.326 e. The minimum atomic E-state index is -4.39. The first kappa shape index (κ1) is 16.9. The molecule has 0 aromatic heterocycles. The number of halogens is 4. The van der Waals surface area contributed by atoms with Gasteiger partial charge in [0.05, 0.1) is 12.3 Å². The van der Waals surface area contributed by atoms with Crippen LogP contribution < -0.4 is 10.5 Å². The molecule has 1 aromatic carbocycles. The first-order chi connectivity index (χ1) is 9.16. The Labute approximate surface area is 114 Å². The first-order valence-electron chi connectivity index (χ1n) is 5.57. The van der Waals surface area contributed by atoms with E-state index in [1.807, 2.05) is 0 Å². The van der Waals surface area contributed by atoms with E-state index in [9.17, 15) is 26.0 Å². The smallest absolute Gasteiger partial charge is 0.320 e. The molecule has 4 nitrogen and oxygen atoms in total. The van der Waals surface area contributed by atoms with Crippen molar-refractivity contribution in [2.24, 2.45) is 5.73 Å². The molecule has 0 aliphatic heterocycles. The van der Waals surface area contributed by atoms with Gasteiger partial charge in [-0.15, -0.1) is 0 Å². The second-order valence-electron chi connectivity index (χ2n) is 4.16. The maximum Gasteiger partial charge on any atom is 0.320 e.